The molecule has 7 heteroatoms. The van der Waals surface area contributed by atoms with Crippen LogP contribution in [-0.4, -0.2) is 14.5 Å². The van der Waals surface area contributed by atoms with Crippen LogP contribution in [0.5, 0.6) is 0 Å². The fourth-order valence-corrected chi connectivity index (χ4v) is 4.26. The maximum Gasteiger partial charge on any atom is 0.270 e. The zero-order valence-electron chi connectivity index (χ0n) is 17.2. The van der Waals surface area contributed by atoms with Gasteiger partial charge in [-0.3, -0.25) is 19.5 Å². The summed E-state index contributed by atoms with van der Waals surface area (Å²) in [4.78, 5) is 29.0. The number of nitro benzene ring substituents is 1. The lowest BCUT2D eigenvalue weighted by Crippen LogP contribution is -2.22. The molecule has 1 heterocycles. The lowest BCUT2D eigenvalue weighted by Gasteiger charge is -2.12. The highest BCUT2D eigenvalue weighted by Gasteiger charge is 2.12. The van der Waals surface area contributed by atoms with Crippen LogP contribution in [0.25, 0.3) is 39.5 Å². The van der Waals surface area contributed by atoms with E-state index in [0.717, 1.165) is 14.3 Å². The molecular formula is C26H16IN3O3. The Morgan fingerprint density at radius 3 is 2.52 bits per heavy atom. The standard InChI is InChI=1S/C26H16IN3O3/c27-20-10-12-24-23(16-20)26(31)29(21-11-9-18-5-1-2-6-19(18)15-21)25(28-24)13-8-17-4-3-7-22(14-17)30(32)33/h1-16H/b13-8+. The van der Waals surface area contributed by atoms with Crippen LogP contribution in [0.15, 0.2) is 89.7 Å². The van der Waals surface area contributed by atoms with Crippen LogP contribution in [0.1, 0.15) is 11.4 Å². The normalized spacial score (nSPS) is 11.4. The summed E-state index contributed by atoms with van der Waals surface area (Å²) in [7, 11) is 0. The summed E-state index contributed by atoms with van der Waals surface area (Å²) in [6.45, 7) is 0. The summed E-state index contributed by atoms with van der Waals surface area (Å²) in [5, 5.41) is 13.7. The molecule has 4 aromatic carbocycles. The van der Waals surface area contributed by atoms with Gasteiger partial charge in [0, 0.05) is 15.7 Å². The zero-order chi connectivity index (χ0) is 22.9. The molecule has 5 aromatic rings. The minimum Gasteiger partial charge on any atom is -0.268 e. The van der Waals surface area contributed by atoms with Crippen molar-refractivity contribution in [3.8, 4) is 5.69 Å². The van der Waals surface area contributed by atoms with E-state index in [1.807, 2.05) is 60.7 Å². The van der Waals surface area contributed by atoms with Crippen LogP contribution in [0, 0.1) is 13.7 Å². The van der Waals surface area contributed by atoms with E-state index in [0.29, 0.717) is 28.0 Å². The van der Waals surface area contributed by atoms with Crippen molar-refractivity contribution in [2.45, 2.75) is 0 Å². The van der Waals surface area contributed by atoms with Crippen molar-refractivity contribution in [2.75, 3.05) is 0 Å². The van der Waals surface area contributed by atoms with Gasteiger partial charge in [0.2, 0.25) is 0 Å². The van der Waals surface area contributed by atoms with Crippen LogP contribution < -0.4 is 5.56 Å². The second kappa shape index (κ2) is 8.59. The number of benzene rings is 4. The van der Waals surface area contributed by atoms with Crippen LogP contribution in [0.2, 0.25) is 0 Å². The van der Waals surface area contributed by atoms with Crippen LogP contribution in [0.4, 0.5) is 5.69 Å². The Morgan fingerprint density at radius 1 is 0.879 bits per heavy atom. The van der Waals surface area contributed by atoms with Gasteiger partial charge < -0.3 is 0 Å². The molecule has 0 fully saturated rings. The molecule has 0 spiro atoms. The summed E-state index contributed by atoms with van der Waals surface area (Å²) in [5.41, 5.74) is 1.77. The fourth-order valence-electron chi connectivity index (χ4n) is 3.76. The molecule has 6 nitrogen and oxygen atoms in total. The summed E-state index contributed by atoms with van der Waals surface area (Å²) >= 11 is 2.18. The molecule has 5 rings (SSSR count). The van der Waals surface area contributed by atoms with E-state index in [1.54, 1.807) is 28.9 Å². The SMILES string of the molecule is O=c1c2cc(I)ccc2nc(/C=C/c2cccc([N+](=O)[O-])c2)n1-c1ccc2ccccc2c1. The molecule has 0 N–H and O–H groups in total. The third-order valence-electron chi connectivity index (χ3n) is 5.35. The predicted molar refractivity (Wildman–Crippen MR) is 140 cm³/mol. The van der Waals surface area contributed by atoms with Crippen molar-refractivity contribution in [1.29, 1.82) is 0 Å². The van der Waals surface area contributed by atoms with Crippen LogP contribution >= 0.6 is 22.6 Å². The Bertz CT molecular complexity index is 1640. The van der Waals surface area contributed by atoms with Crippen molar-refractivity contribution >= 4 is 62.1 Å². The minimum absolute atomic E-state index is 0.00474. The highest BCUT2D eigenvalue weighted by molar-refractivity contribution is 14.1. The van der Waals surface area contributed by atoms with E-state index in [4.69, 9.17) is 4.98 Å². The number of nitro groups is 1. The van der Waals surface area contributed by atoms with Gasteiger partial charge in [-0.2, -0.15) is 0 Å². The Hall–Kier alpha value is -3.85. The molecule has 0 unspecified atom stereocenters. The topological polar surface area (TPSA) is 78.0 Å². The van der Waals surface area contributed by atoms with Gasteiger partial charge in [0.05, 0.1) is 21.5 Å². The average Bonchev–Trinajstić information content (AvgIpc) is 2.83. The first-order valence-corrected chi connectivity index (χ1v) is 11.2. The Balaban J connectivity index is 1.73. The summed E-state index contributed by atoms with van der Waals surface area (Å²) in [5.74, 6) is 0.440. The first-order valence-electron chi connectivity index (χ1n) is 10.1. The van der Waals surface area contributed by atoms with Gasteiger partial charge in [0.25, 0.3) is 11.2 Å². The third kappa shape index (κ3) is 4.14. The maximum atomic E-state index is 13.6. The molecule has 0 radical (unpaired) electrons. The molecule has 0 aliphatic rings. The van der Waals surface area contributed by atoms with E-state index in [1.165, 1.54) is 12.1 Å². The van der Waals surface area contributed by atoms with Gasteiger partial charge in [-0.05, 0) is 75.3 Å². The Morgan fingerprint density at radius 2 is 1.70 bits per heavy atom. The monoisotopic (exact) mass is 545 g/mol. The molecule has 0 saturated heterocycles. The molecular weight excluding hydrogens is 529 g/mol. The fraction of sp³-hybridized carbons (Fsp3) is 0. The third-order valence-corrected chi connectivity index (χ3v) is 6.02. The second-order valence-electron chi connectivity index (χ2n) is 7.49. The molecule has 0 atom stereocenters. The smallest absolute Gasteiger partial charge is 0.268 e. The van der Waals surface area contributed by atoms with Gasteiger partial charge >= 0.3 is 0 Å². The second-order valence-corrected chi connectivity index (χ2v) is 8.73. The van der Waals surface area contributed by atoms with Gasteiger partial charge in [-0.25, -0.2) is 4.98 Å². The highest BCUT2D eigenvalue weighted by Crippen LogP contribution is 2.22. The van der Waals surface area contributed by atoms with Crippen molar-refractivity contribution in [1.82, 2.24) is 9.55 Å². The van der Waals surface area contributed by atoms with Crippen LogP contribution in [-0.2, 0) is 0 Å². The summed E-state index contributed by atoms with van der Waals surface area (Å²) in [6, 6.07) is 25.7. The number of hydrogen-bond donors (Lipinski definition) is 0. The number of nitrogens with zero attached hydrogens (tertiary/aromatic N) is 3. The van der Waals surface area contributed by atoms with E-state index in [9.17, 15) is 14.9 Å². The Kier molecular flexibility index (Phi) is 5.47. The number of hydrogen-bond acceptors (Lipinski definition) is 4. The van der Waals surface area contributed by atoms with Gasteiger partial charge in [-0.1, -0.05) is 48.5 Å². The number of halogens is 1. The van der Waals surface area contributed by atoms with Gasteiger partial charge in [0.15, 0.2) is 0 Å². The van der Waals surface area contributed by atoms with Crippen molar-refractivity contribution in [3.05, 3.63) is 120 Å². The maximum absolute atomic E-state index is 13.6. The first kappa shape index (κ1) is 21.0. The molecule has 160 valence electrons. The summed E-state index contributed by atoms with van der Waals surface area (Å²) < 4.78 is 2.53. The van der Waals surface area contributed by atoms with E-state index in [-0.39, 0.29) is 11.2 Å². The molecule has 0 bridgehead atoms. The van der Waals surface area contributed by atoms with Crippen LogP contribution in [0.3, 0.4) is 0 Å². The molecule has 33 heavy (non-hydrogen) atoms. The molecule has 0 amide bonds. The minimum atomic E-state index is -0.432. The predicted octanol–water partition coefficient (Wildman–Crippen LogP) is 6.22. The largest absolute Gasteiger partial charge is 0.270 e. The molecule has 0 aliphatic heterocycles. The lowest BCUT2D eigenvalue weighted by molar-refractivity contribution is -0.384. The van der Waals surface area contributed by atoms with Crippen molar-refractivity contribution in [3.63, 3.8) is 0 Å². The summed E-state index contributed by atoms with van der Waals surface area (Å²) in [6.07, 6.45) is 3.44. The molecule has 0 saturated carbocycles. The highest BCUT2D eigenvalue weighted by atomic mass is 127. The first-order chi connectivity index (χ1) is 16.0. The lowest BCUT2D eigenvalue weighted by atomic mass is 10.1. The zero-order valence-corrected chi connectivity index (χ0v) is 19.3. The van der Waals surface area contributed by atoms with E-state index >= 15 is 0 Å². The number of aromatic nitrogens is 2. The van der Waals surface area contributed by atoms with E-state index in [2.05, 4.69) is 22.6 Å². The molecule has 1 aromatic heterocycles. The van der Waals surface area contributed by atoms with E-state index < -0.39 is 4.92 Å². The number of rotatable bonds is 4. The number of non-ortho nitro benzene ring substituents is 1. The quantitative estimate of drug-likeness (QED) is 0.153. The van der Waals surface area contributed by atoms with Crippen molar-refractivity contribution < 1.29 is 4.92 Å². The Labute approximate surface area is 202 Å². The van der Waals surface area contributed by atoms with Gasteiger partial charge in [0.1, 0.15) is 5.82 Å². The number of fused-ring (bicyclic) bond motifs is 2. The molecule has 0 aliphatic carbocycles. The average molecular weight is 545 g/mol. The van der Waals surface area contributed by atoms with Gasteiger partial charge in [-0.15, -0.1) is 0 Å². The van der Waals surface area contributed by atoms with Crippen molar-refractivity contribution in [2.24, 2.45) is 0 Å².